The Morgan fingerprint density at radius 3 is 2.76 bits per heavy atom. The van der Waals surface area contributed by atoms with Crippen LogP contribution in [-0.4, -0.2) is 10.1 Å². The Balaban J connectivity index is 2.20. The third-order valence-corrected chi connectivity index (χ3v) is 3.31. The van der Waals surface area contributed by atoms with Gasteiger partial charge in [-0.1, -0.05) is 34.1 Å². The van der Waals surface area contributed by atoms with Gasteiger partial charge in [-0.2, -0.15) is 0 Å². The molecule has 0 fully saturated rings. The van der Waals surface area contributed by atoms with Gasteiger partial charge in [-0.15, -0.1) is 0 Å². The lowest BCUT2D eigenvalue weighted by Crippen LogP contribution is -2.05. The minimum atomic E-state index is -0.864. The van der Waals surface area contributed by atoms with Crippen molar-refractivity contribution in [2.24, 2.45) is 0 Å². The van der Waals surface area contributed by atoms with Crippen molar-refractivity contribution < 1.29 is 9.50 Å². The van der Waals surface area contributed by atoms with Gasteiger partial charge in [0.05, 0.1) is 12.3 Å². The smallest absolute Gasteiger partial charge is 0.147 e. The van der Waals surface area contributed by atoms with E-state index in [1.807, 2.05) is 24.3 Å². The maximum absolute atomic E-state index is 13.4. The average molecular weight is 296 g/mol. The van der Waals surface area contributed by atoms with Crippen molar-refractivity contribution in [3.05, 3.63) is 64.1 Å². The van der Waals surface area contributed by atoms with Crippen LogP contribution in [0.5, 0.6) is 0 Å². The molecular weight excluding hydrogens is 285 g/mol. The second kappa shape index (κ2) is 5.38. The Kier molecular flexibility index (Phi) is 3.86. The first-order valence-electron chi connectivity index (χ1n) is 5.19. The number of pyridine rings is 1. The molecule has 0 saturated heterocycles. The van der Waals surface area contributed by atoms with Gasteiger partial charge < -0.3 is 5.11 Å². The van der Waals surface area contributed by atoms with E-state index in [1.54, 1.807) is 0 Å². The molecule has 0 bridgehead atoms. The van der Waals surface area contributed by atoms with Gasteiger partial charge in [-0.05, 0) is 17.7 Å². The lowest BCUT2D eigenvalue weighted by molar-refractivity contribution is 0.173. The predicted octanol–water partition coefficient (Wildman–Crippen LogP) is 3.26. The zero-order valence-electron chi connectivity index (χ0n) is 8.98. The average Bonchev–Trinajstić information content (AvgIpc) is 2.32. The molecule has 0 radical (unpaired) electrons. The largest absolute Gasteiger partial charge is 0.388 e. The van der Waals surface area contributed by atoms with Crippen molar-refractivity contribution in [3.63, 3.8) is 0 Å². The highest BCUT2D eigenvalue weighted by molar-refractivity contribution is 9.10. The fourth-order valence-electron chi connectivity index (χ4n) is 1.64. The van der Waals surface area contributed by atoms with Crippen LogP contribution in [0.25, 0.3) is 0 Å². The lowest BCUT2D eigenvalue weighted by atomic mass is 10.0. The van der Waals surface area contributed by atoms with Crippen LogP contribution in [0.15, 0.2) is 47.2 Å². The summed E-state index contributed by atoms with van der Waals surface area (Å²) < 4.78 is 14.3. The fourth-order valence-corrected chi connectivity index (χ4v) is 2.09. The number of aromatic nitrogens is 1. The Morgan fingerprint density at radius 1 is 1.29 bits per heavy atom. The van der Waals surface area contributed by atoms with Crippen LogP contribution >= 0.6 is 15.9 Å². The monoisotopic (exact) mass is 295 g/mol. The third-order valence-electron chi connectivity index (χ3n) is 2.53. The zero-order valence-corrected chi connectivity index (χ0v) is 10.6. The molecule has 4 heteroatoms. The fraction of sp³-hybridized carbons (Fsp3) is 0.154. The molecule has 1 aromatic carbocycles. The molecular formula is C13H11BrFNO. The molecule has 0 saturated carbocycles. The Hall–Kier alpha value is -1.26. The minimum Gasteiger partial charge on any atom is -0.388 e. The topological polar surface area (TPSA) is 33.1 Å². The molecule has 88 valence electrons. The normalized spacial score (nSPS) is 12.4. The molecule has 1 aromatic heterocycles. The second-order valence-corrected chi connectivity index (χ2v) is 4.56. The van der Waals surface area contributed by atoms with Crippen molar-refractivity contribution in [1.82, 2.24) is 4.98 Å². The highest BCUT2D eigenvalue weighted by atomic mass is 79.9. The predicted molar refractivity (Wildman–Crippen MR) is 67.0 cm³/mol. The van der Waals surface area contributed by atoms with E-state index in [9.17, 15) is 9.50 Å². The molecule has 17 heavy (non-hydrogen) atoms. The van der Waals surface area contributed by atoms with Crippen LogP contribution in [-0.2, 0) is 6.42 Å². The SMILES string of the molecule is OC(Cc1ccccc1Br)c1ccncc1F. The lowest BCUT2D eigenvalue weighted by Gasteiger charge is -2.12. The van der Waals surface area contributed by atoms with Crippen molar-refractivity contribution in [2.45, 2.75) is 12.5 Å². The van der Waals surface area contributed by atoms with Gasteiger partial charge in [0.25, 0.3) is 0 Å². The van der Waals surface area contributed by atoms with Gasteiger partial charge in [0.15, 0.2) is 0 Å². The van der Waals surface area contributed by atoms with Crippen LogP contribution in [0.4, 0.5) is 4.39 Å². The number of benzene rings is 1. The molecule has 2 aromatic rings. The summed E-state index contributed by atoms with van der Waals surface area (Å²) in [5.41, 5.74) is 1.21. The van der Waals surface area contributed by atoms with E-state index < -0.39 is 11.9 Å². The number of nitrogens with zero attached hydrogens (tertiary/aromatic N) is 1. The first kappa shape index (κ1) is 12.2. The summed E-state index contributed by atoms with van der Waals surface area (Å²) in [6, 6.07) is 9.07. The van der Waals surface area contributed by atoms with Crippen molar-refractivity contribution in [1.29, 1.82) is 0 Å². The summed E-state index contributed by atoms with van der Waals surface area (Å²) in [5.74, 6) is -0.480. The van der Waals surface area contributed by atoms with Gasteiger partial charge in [0, 0.05) is 22.7 Å². The molecule has 1 N–H and O–H groups in total. The van der Waals surface area contributed by atoms with Gasteiger partial charge in [0.1, 0.15) is 5.82 Å². The van der Waals surface area contributed by atoms with Crippen LogP contribution in [0.3, 0.4) is 0 Å². The van der Waals surface area contributed by atoms with Crippen molar-refractivity contribution in [2.75, 3.05) is 0 Å². The molecule has 1 unspecified atom stereocenters. The van der Waals surface area contributed by atoms with E-state index in [0.29, 0.717) is 6.42 Å². The minimum absolute atomic E-state index is 0.274. The van der Waals surface area contributed by atoms with E-state index in [4.69, 9.17) is 0 Å². The van der Waals surface area contributed by atoms with Crippen LogP contribution in [0, 0.1) is 5.82 Å². The highest BCUT2D eigenvalue weighted by Crippen LogP contribution is 2.24. The number of hydrogen-bond acceptors (Lipinski definition) is 2. The van der Waals surface area contributed by atoms with Crippen LogP contribution in [0.2, 0.25) is 0 Å². The van der Waals surface area contributed by atoms with Gasteiger partial charge in [-0.3, -0.25) is 4.98 Å². The molecule has 1 atom stereocenters. The Morgan fingerprint density at radius 2 is 2.06 bits per heavy atom. The van der Waals surface area contributed by atoms with Gasteiger partial charge in [-0.25, -0.2) is 4.39 Å². The van der Waals surface area contributed by atoms with Gasteiger partial charge in [0.2, 0.25) is 0 Å². The first-order valence-corrected chi connectivity index (χ1v) is 5.98. The van der Waals surface area contributed by atoms with E-state index >= 15 is 0 Å². The number of halogens is 2. The molecule has 2 nitrogen and oxygen atoms in total. The Bertz CT molecular complexity index is 518. The third kappa shape index (κ3) is 2.90. The number of aliphatic hydroxyl groups is 1. The summed E-state index contributed by atoms with van der Waals surface area (Å²) in [4.78, 5) is 3.66. The molecule has 1 heterocycles. The molecule has 2 rings (SSSR count). The maximum atomic E-state index is 13.4. The summed E-state index contributed by atoms with van der Waals surface area (Å²) in [6.45, 7) is 0. The molecule has 0 aliphatic rings. The van der Waals surface area contributed by atoms with Gasteiger partial charge >= 0.3 is 0 Å². The molecule has 0 spiro atoms. The van der Waals surface area contributed by atoms with Crippen molar-refractivity contribution >= 4 is 15.9 Å². The van der Waals surface area contributed by atoms with Crippen molar-refractivity contribution in [3.8, 4) is 0 Å². The number of hydrogen-bond donors (Lipinski definition) is 1. The summed E-state index contributed by atoms with van der Waals surface area (Å²) in [7, 11) is 0. The second-order valence-electron chi connectivity index (χ2n) is 3.71. The molecule has 0 amide bonds. The molecule has 0 aliphatic carbocycles. The summed E-state index contributed by atoms with van der Waals surface area (Å²) in [5, 5.41) is 9.99. The van der Waals surface area contributed by atoms with Crippen LogP contribution < -0.4 is 0 Å². The quantitative estimate of drug-likeness (QED) is 0.943. The summed E-state index contributed by atoms with van der Waals surface area (Å²) >= 11 is 3.40. The van der Waals surface area contributed by atoms with E-state index in [-0.39, 0.29) is 5.56 Å². The zero-order chi connectivity index (χ0) is 12.3. The first-order chi connectivity index (χ1) is 8.18. The van der Waals surface area contributed by atoms with E-state index in [1.165, 1.54) is 12.3 Å². The van der Waals surface area contributed by atoms with E-state index in [0.717, 1.165) is 16.2 Å². The summed E-state index contributed by atoms with van der Waals surface area (Å²) in [6.07, 6.45) is 2.08. The van der Waals surface area contributed by atoms with Crippen LogP contribution in [0.1, 0.15) is 17.2 Å². The Labute approximate surface area is 107 Å². The van der Waals surface area contributed by atoms with E-state index in [2.05, 4.69) is 20.9 Å². The standard InChI is InChI=1S/C13H11BrFNO/c14-11-4-2-1-3-9(11)7-13(17)10-5-6-16-8-12(10)15/h1-6,8,13,17H,7H2. The number of aliphatic hydroxyl groups excluding tert-OH is 1. The molecule has 0 aliphatic heterocycles. The number of rotatable bonds is 3. The maximum Gasteiger partial charge on any atom is 0.147 e. The highest BCUT2D eigenvalue weighted by Gasteiger charge is 2.14.